The second kappa shape index (κ2) is 19.6. The minimum atomic E-state index is 0.0591. The van der Waals surface area contributed by atoms with Crippen LogP contribution in [0.2, 0.25) is 0 Å². The van der Waals surface area contributed by atoms with E-state index >= 15 is 0 Å². The molecule has 0 saturated carbocycles. The van der Waals surface area contributed by atoms with Crippen LogP contribution in [0.3, 0.4) is 0 Å². The van der Waals surface area contributed by atoms with E-state index in [0.717, 1.165) is 68.5 Å². The number of amidine groups is 2. The van der Waals surface area contributed by atoms with Crippen molar-refractivity contribution in [3.05, 3.63) is 228 Å². The van der Waals surface area contributed by atoms with Gasteiger partial charge in [0.1, 0.15) is 11.5 Å². The summed E-state index contributed by atoms with van der Waals surface area (Å²) in [5.41, 5.74) is 25.7. The first-order chi connectivity index (χ1) is 29.8. The lowest BCUT2D eigenvalue weighted by Gasteiger charge is -2.18. The average Bonchev–Trinajstić information content (AvgIpc) is 3.31. The van der Waals surface area contributed by atoms with Gasteiger partial charge in [-0.05, 0) is 111 Å². The van der Waals surface area contributed by atoms with Gasteiger partial charge in [0, 0.05) is 22.3 Å². The van der Waals surface area contributed by atoms with Gasteiger partial charge in [0.25, 0.3) is 0 Å². The molecular weight excluding hydrogens is 757 g/mol. The van der Waals surface area contributed by atoms with E-state index in [4.69, 9.17) is 11.5 Å². The molecule has 0 heterocycles. The Morgan fingerprint density at radius 1 is 0.377 bits per heavy atom. The van der Waals surface area contributed by atoms with Gasteiger partial charge in [0.05, 0.1) is 0 Å². The summed E-state index contributed by atoms with van der Waals surface area (Å²) >= 11 is 0. The van der Waals surface area contributed by atoms with Crippen LogP contribution in [0.4, 0.5) is 0 Å². The molecule has 8 rings (SSSR count). The van der Waals surface area contributed by atoms with Crippen molar-refractivity contribution in [2.24, 2.45) is 21.8 Å². The predicted molar refractivity (Wildman–Crippen MR) is 246 cm³/mol. The van der Waals surface area contributed by atoms with Crippen LogP contribution < -0.4 is 11.5 Å². The number of aromatic hydroxyl groups is 2. The lowest BCUT2D eigenvalue weighted by molar-refractivity contribution is 0.318. The maximum Gasteiger partial charge on any atom is 0.170 e. The van der Waals surface area contributed by atoms with E-state index in [1.807, 2.05) is 133 Å². The highest BCUT2D eigenvalue weighted by molar-refractivity contribution is 6.08. The van der Waals surface area contributed by atoms with Crippen molar-refractivity contribution >= 4 is 11.7 Å². The van der Waals surface area contributed by atoms with E-state index in [1.165, 1.54) is 11.1 Å². The summed E-state index contributed by atoms with van der Waals surface area (Å²) in [6.45, 7) is 0. The number of rotatable bonds is 11. The van der Waals surface area contributed by atoms with Crippen molar-refractivity contribution in [3.63, 3.8) is 0 Å². The van der Waals surface area contributed by atoms with E-state index in [2.05, 4.69) is 46.7 Å². The molecule has 302 valence electrons. The fourth-order valence-electron chi connectivity index (χ4n) is 7.50. The Morgan fingerprint density at radius 2 is 0.738 bits per heavy atom. The Bertz CT molecular complexity index is 2740. The molecule has 61 heavy (non-hydrogen) atoms. The summed E-state index contributed by atoms with van der Waals surface area (Å²) in [5.74, 6) is 0.545. The Labute approximate surface area is 355 Å². The number of benzene rings is 8. The van der Waals surface area contributed by atoms with Crippen LogP contribution in [-0.4, -0.2) is 32.3 Å². The topological polar surface area (TPSA) is 158 Å². The zero-order valence-corrected chi connectivity index (χ0v) is 33.4. The maximum atomic E-state index is 9.76. The molecule has 0 saturated heterocycles. The summed E-state index contributed by atoms with van der Waals surface area (Å²) in [4.78, 5) is 0. The number of oxime groups is 2. The fraction of sp³-hybridized carbons (Fsp3) is 0.0566. The monoisotopic (exact) mass is 802 g/mol. The Kier molecular flexibility index (Phi) is 13.2. The molecule has 0 aliphatic carbocycles. The number of nitrogens with zero attached hydrogens (tertiary/aromatic N) is 2. The third-order valence-electron chi connectivity index (χ3n) is 10.4. The van der Waals surface area contributed by atoms with Crippen molar-refractivity contribution in [3.8, 4) is 56.0 Å². The predicted octanol–water partition coefficient (Wildman–Crippen LogP) is 11.0. The molecule has 0 atom stereocenters. The van der Waals surface area contributed by atoms with Crippen molar-refractivity contribution in [2.45, 2.75) is 19.3 Å². The first-order valence-electron chi connectivity index (χ1n) is 19.9. The zero-order chi connectivity index (χ0) is 42.6. The van der Waals surface area contributed by atoms with Crippen molar-refractivity contribution < 1.29 is 20.6 Å². The third-order valence-corrected chi connectivity index (χ3v) is 10.4. The molecule has 0 bridgehead atoms. The molecule has 0 aromatic heterocycles. The number of phenolic OH excluding ortho intramolecular Hbond substituents is 2. The molecule has 8 heteroatoms. The molecular formula is C53H46N4O4. The van der Waals surface area contributed by atoms with E-state index in [1.54, 1.807) is 24.3 Å². The number of hydrogen-bond acceptors (Lipinski definition) is 6. The average molecular weight is 803 g/mol. The maximum absolute atomic E-state index is 9.76. The summed E-state index contributed by atoms with van der Waals surface area (Å²) < 4.78 is 0. The number of phenols is 2. The van der Waals surface area contributed by atoms with Crippen LogP contribution >= 0.6 is 0 Å². The summed E-state index contributed by atoms with van der Waals surface area (Å²) in [6.07, 6.45) is 2.42. The van der Waals surface area contributed by atoms with Crippen LogP contribution in [0, 0.1) is 0 Å². The van der Waals surface area contributed by atoms with E-state index in [9.17, 15) is 20.6 Å². The highest BCUT2D eigenvalue weighted by Crippen LogP contribution is 2.39. The SMILES string of the molecule is NC(=NO)c1cc(CCc2ccccc2)cc(-c2ccc(O)cc2)c1-c1ccccc1.NC(=NO)c1cc(Cc2ccccc2)cc(-c2ccc(O)cc2)c1-c1ccccc1. The van der Waals surface area contributed by atoms with Gasteiger partial charge >= 0.3 is 0 Å². The van der Waals surface area contributed by atoms with Gasteiger partial charge in [0.15, 0.2) is 11.7 Å². The Morgan fingerprint density at radius 3 is 1.16 bits per heavy atom. The third kappa shape index (κ3) is 10.1. The Hall–Kier alpha value is -8.10. The highest BCUT2D eigenvalue weighted by Gasteiger charge is 2.19. The van der Waals surface area contributed by atoms with Crippen LogP contribution in [0.25, 0.3) is 44.5 Å². The molecule has 0 spiro atoms. The fourth-order valence-corrected chi connectivity index (χ4v) is 7.50. The van der Waals surface area contributed by atoms with E-state index < -0.39 is 0 Å². The van der Waals surface area contributed by atoms with Gasteiger partial charge in [-0.1, -0.05) is 168 Å². The van der Waals surface area contributed by atoms with Gasteiger partial charge in [0.2, 0.25) is 0 Å². The quantitative estimate of drug-likeness (QED) is 0.0331. The van der Waals surface area contributed by atoms with Crippen molar-refractivity contribution in [2.75, 3.05) is 0 Å². The first-order valence-corrected chi connectivity index (χ1v) is 19.9. The molecule has 8 aromatic carbocycles. The smallest absolute Gasteiger partial charge is 0.170 e. The molecule has 0 aliphatic rings. The number of nitrogens with two attached hydrogens (primary N) is 2. The molecule has 0 fully saturated rings. The minimum Gasteiger partial charge on any atom is -0.508 e. The van der Waals surface area contributed by atoms with Crippen LogP contribution in [-0.2, 0) is 19.3 Å². The second-order valence-corrected chi connectivity index (χ2v) is 14.6. The lowest BCUT2D eigenvalue weighted by atomic mass is 9.87. The van der Waals surface area contributed by atoms with Crippen LogP contribution in [0.1, 0.15) is 33.4 Å². The highest BCUT2D eigenvalue weighted by atomic mass is 16.4. The zero-order valence-electron chi connectivity index (χ0n) is 33.4. The first kappa shape index (κ1) is 41.1. The van der Waals surface area contributed by atoms with Crippen LogP contribution in [0.5, 0.6) is 11.5 Å². The summed E-state index contributed by atoms with van der Waals surface area (Å²) in [7, 11) is 0. The Balaban J connectivity index is 0.000000184. The normalized spacial score (nSPS) is 11.4. The molecule has 0 amide bonds. The molecule has 0 aliphatic heterocycles. The molecule has 0 unspecified atom stereocenters. The van der Waals surface area contributed by atoms with E-state index in [0.29, 0.717) is 17.5 Å². The molecule has 0 radical (unpaired) electrons. The number of hydrogen-bond donors (Lipinski definition) is 6. The lowest BCUT2D eigenvalue weighted by Crippen LogP contribution is -2.15. The minimum absolute atomic E-state index is 0.0591. The van der Waals surface area contributed by atoms with Gasteiger partial charge in [-0.25, -0.2) is 0 Å². The van der Waals surface area contributed by atoms with Gasteiger partial charge in [-0.2, -0.15) is 0 Å². The second-order valence-electron chi connectivity index (χ2n) is 14.6. The number of aryl methyl sites for hydroxylation is 2. The standard InChI is InChI=1S/C27H24N2O2.C26H22N2O2/c28-27(29-31)25-18-20(12-11-19-7-3-1-4-8-19)17-24(21-13-15-23(30)16-14-21)26(25)22-9-5-2-6-10-22;27-26(28-30)24-17-19(15-18-7-3-1-4-8-18)16-23(20-11-13-22(29)14-12-20)25(24)21-9-5-2-6-10-21/h1-10,13-18,30-31H,11-12H2,(H2,28,29);1-14,16-17,29-30H,15H2,(H2,27,28). The van der Waals surface area contributed by atoms with Crippen LogP contribution in [0.15, 0.2) is 204 Å². The molecule has 8 aromatic rings. The van der Waals surface area contributed by atoms with Gasteiger partial charge in [-0.15, -0.1) is 0 Å². The largest absolute Gasteiger partial charge is 0.508 e. The molecule has 8 N–H and O–H groups in total. The van der Waals surface area contributed by atoms with E-state index in [-0.39, 0.29) is 23.2 Å². The van der Waals surface area contributed by atoms with Gasteiger partial charge in [-0.3, -0.25) is 0 Å². The summed E-state index contributed by atoms with van der Waals surface area (Å²) in [6, 6.07) is 62.8. The molecule has 8 nitrogen and oxygen atoms in total. The van der Waals surface area contributed by atoms with Crippen molar-refractivity contribution in [1.29, 1.82) is 0 Å². The summed E-state index contributed by atoms with van der Waals surface area (Å²) in [5, 5.41) is 45.1. The van der Waals surface area contributed by atoms with Crippen molar-refractivity contribution in [1.82, 2.24) is 0 Å². The van der Waals surface area contributed by atoms with Gasteiger partial charge < -0.3 is 32.1 Å².